The molecule has 2 aromatic rings. The van der Waals surface area contributed by atoms with Gasteiger partial charge in [-0.25, -0.2) is 4.98 Å². The Hall–Kier alpha value is -1.39. The highest BCUT2D eigenvalue weighted by Crippen LogP contribution is 2.32. The summed E-state index contributed by atoms with van der Waals surface area (Å²) < 4.78 is 13.4. The molecule has 2 aromatic heterocycles. The summed E-state index contributed by atoms with van der Waals surface area (Å²) in [7, 11) is 1.76. The third-order valence-corrected chi connectivity index (χ3v) is 4.17. The minimum absolute atomic E-state index is 0.0985. The second-order valence-corrected chi connectivity index (χ2v) is 5.73. The van der Waals surface area contributed by atoms with Crippen molar-refractivity contribution in [1.29, 1.82) is 0 Å². The molecule has 2 atom stereocenters. The number of hydrogen-bond acceptors (Lipinski definition) is 3. The van der Waals surface area contributed by atoms with E-state index in [-0.39, 0.29) is 6.10 Å². The molecule has 0 spiro atoms. The molecule has 0 radical (unpaired) electrons. The molecule has 4 heteroatoms. The molecule has 0 unspecified atom stereocenters. The van der Waals surface area contributed by atoms with Gasteiger partial charge in [0.15, 0.2) is 0 Å². The van der Waals surface area contributed by atoms with E-state index in [0.717, 1.165) is 18.7 Å². The fourth-order valence-corrected chi connectivity index (χ4v) is 3.07. The van der Waals surface area contributed by atoms with Crippen molar-refractivity contribution >= 4 is 11.0 Å². The molecule has 3 rings (SSSR count). The Bertz CT molecular complexity index is 591. The zero-order valence-electron chi connectivity index (χ0n) is 12.4. The van der Waals surface area contributed by atoms with E-state index >= 15 is 0 Å². The van der Waals surface area contributed by atoms with Gasteiger partial charge in [0, 0.05) is 31.5 Å². The normalized spacial score (nSPS) is 23.6. The van der Waals surface area contributed by atoms with Gasteiger partial charge in [0.25, 0.3) is 0 Å². The summed E-state index contributed by atoms with van der Waals surface area (Å²) in [6, 6.07) is 4.48. The summed E-state index contributed by atoms with van der Waals surface area (Å²) in [5.74, 6) is 0.490. The maximum absolute atomic E-state index is 5.60. The maximum Gasteiger partial charge on any atom is 0.140 e. The molecule has 108 valence electrons. The Morgan fingerprint density at radius 3 is 3.05 bits per heavy atom. The minimum atomic E-state index is 0.0985. The van der Waals surface area contributed by atoms with Crippen LogP contribution in [-0.4, -0.2) is 36.0 Å². The molecule has 0 amide bonds. The quantitative estimate of drug-likeness (QED) is 0.862. The zero-order valence-corrected chi connectivity index (χ0v) is 12.4. The first-order valence-electron chi connectivity index (χ1n) is 7.28. The van der Waals surface area contributed by atoms with Crippen molar-refractivity contribution in [1.82, 2.24) is 9.55 Å². The van der Waals surface area contributed by atoms with Gasteiger partial charge in [-0.1, -0.05) is 13.8 Å². The fraction of sp³-hybridized carbons (Fsp3) is 0.562. The Morgan fingerprint density at radius 2 is 2.30 bits per heavy atom. The van der Waals surface area contributed by atoms with Crippen LogP contribution in [0.4, 0.5) is 0 Å². The third kappa shape index (κ3) is 2.23. The van der Waals surface area contributed by atoms with E-state index in [1.54, 1.807) is 7.11 Å². The molecular formula is C16H22N2O2. The molecule has 0 aromatic carbocycles. The lowest BCUT2D eigenvalue weighted by Gasteiger charge is -2.31. The Morgan fingerprint density at radius 1 is 1.45 bits per heavy atom. The highest BCUT2D eigenvalue weighted by molar-refractivity contribution is 5.81. The van der Waals surface area contributed by atoms with Gasteiger partial charge in [0.1, 0.15) is 11.8 Å². The number of aromatic nitrogens is 2. The lowest BCUT2D eigenvalue weighted by atomic mass is 10.0. The number of rotatable bonds is 3. The van der Waals surface area contributed by atoms with Crippen molar-refractivity contribution in [2.24, 2.45) is 0 Å². The number of nitrogens with zero attached hydrogens (tertiary/aromatic N) is 2. The average molecular weight is 274 g/mol. The molecule has 0 bridgehead atoms. The van der Waals surface area contributed by atoms with Gasteiger partial charge >= 0.3 is 0 Å². The Balaban J connectivity index is 2.10. The van der Waals surface area contributed by atoms with Crippen molar-refractivity contribution in [3.8, 4) is 0 Å². The smallest absolute Gasteiger partial charge is 0.140 e. The topological polar surface area (TPSA) is 36.3 Å². The molecule has 3 heterocycles. The first-order chi connectivity index (χ1) is 9.72. The number of hydrogen-bond donors (Lipinski definition) is 0. The van der Waals surface area contributed by atoms with Crippen molar-refractivity contribution in [2.45, 2.75) is 38.3 Å². The summed E-state index contributed by atoms with van der Waals surface area (Å²) in [5, 5.41) is 1.25. The predicted molar refractivity (Wildman–Crippen MR) is 79.1 cm³/mol. The lowest BCUT2D eigenvalue weighted by molar-refractivity contribution is -0.0592. The highest BCUT2D eigenvalue weighted by Gasteiger charge is 2.29. The van der Waals surface area contributed by atoms with Crippen LogP contribution in [0.3, 0.4) is 0 Å². The van der Waals surface area contributed by atoms with E-state index in [9.17, 15) is 0 Å². The monoisotopic (exact) mass is 274 g/mol. The van der Waals surface area contributed by atoms with Crippen LogP contribution in [-0.2, 0) is 9.47 Å². The molecule has 20 heavy (non-hydrogen) atoms. The highest BCUT2D eigenvalue weighted by atomic mass is 16.5. The van der Waals surface area contributed by atoms with Crippen LogP contribution in [0.1, 0.15) is 37.8 Å². The van der Waals surface area contributed by atoms with Gasteiger partial charge in [0.2, 0.25) is 0 Å². The van der Waals surface area contributed by atoms with Crippen molar-refractivity contribution < 1.29 is 9.47 Å². The summed E-state index contributed by atoms with van der Waals surface area (Å²) >= 11 is 0. The summed E-state index contributed by atoms with van der Waals surface area (Å²) in [6.45, 7) is 5.90. The second kappa shape index (κ2) is 5.54. The molecule has 4 nitrogen and oxygen atoms in total. The average Bonchev–Trinajstić information content (AvgIpc) is 2.87. The van der Waals surface area contributed by atoms with Crippen LogP contribution in [0, 0.1) is 0 Å². The van der Waals surface area contributed by atoms with Crippen LogP contribution in [0.15, 0.2) is 24.5 Å². The first-order valence-corrected chi connectivity index (χ1v) is 7.28. The molecule has 1 aliphatic heterocycles. The lowest BCUT2D eigenvalue weighted by Crippen LogP contribution is -2.35. The number of ether oxygens (including phenoxy) is 2. The van der Waals surface area contributed by atoms with Gasteiger partial charge in [-0.05, 0) is 30.0 Å². The second-order valence-electron chi connectivity index (χ2n) is 5.73. The van der Waals surface area contributed by atoms with Crippen LogP contribution in [0.5, 0.6) is 0 Å². The van der Waals surface area contributed by atoms with Crippen molar-refractivity contribution in [3.05, 3.63) is 30.1 Å². The van der Waals surface area contributed by atoms with Gasteiger partial charge in [0.05, 0.1) is 12.6 Å². The molecule has 1 aliphatic rings. The summed E-state index contributed by atoms with van der Waals surface area (Å²) in [6.07, 6.45) is 5.19. The third-order valence-electron chi connectivity index (χ3n) is 4.17. The van der Waals surface area contributed by atoms with Gasteiger partial charge in [-0.3, -0.25) is 0 Å². The van der Waals surface area contributed by atoms with Crippen LogP contribution in [0.25, 0.3) is 11.0 Å². The van der Waals surface area contributed by atoms with Crippen LogP contribution in [0.2, 0.25) is 0 Å². The predicted octanol–water partition coefficient (Wildman–Crippen LogP) is 3.14. The van der Waals surface area contributed by atoms with E-state index in [1.807, 2.05) is 12.3 Å². The molecule has 1 fully saturated rings. The molecule has 0 aliphatic carbocycles. The number of fused-ring (bicyclic) bond motifs is 1. The van der Waals surface area contributed by atoms with Crippen LogP contribution < -0.4 is 0 Å². The van der Waals surface area contributed by atoms with Crippen molar-refractivity contribution in [3.63, 3.8) is 0 Å². The maximum atomic E-state index is 5.60. The number of methoxy groups -OCH3 is 1. The SMILES string of the molecule is CO[C@@H]1COCC[C@H]1n1cc(C(C)C)c2cccnc21. The molecule has 0 N–H and O–H groups in total. The minimum Gasteiger partial charge on any atom is -0.379 e. The van der Waals surface area contributed by atoms with E-state index in [0.29, 0.717) is 18.6 Å². The van der Waals surface area contributed by atoms with Gasteiger partial charge in [-0.2, -0.15) is 0 Å². The molecular weight excluding hydrogens is 252 g/mol. The summed E-state index contributed by atoms with van der Waals surface area (Å²) in [5.41, 5.74) is 2.42. The standard InChI is InChI=1S/C16H22N2O2/c1-11(2)13-9-18(16-12(13)5-4-7-17-16)14-6-8-20-10-15(14)19-3/h4-5,7,9,11,14-15H,6,8,10H2,1-3H3/t14-,15-/m1/s1. The molecule has 1 saturated heterocycles. The largest absolute Gasteiger partial charge is 0.379 e. The van der Waals surface area contributed by atoms with E-state index in [1.165, 1.54) is 10.9 Å². The van der Waals surface area contributed by atoms with Gasteiger partial charge < -0.3 is 14.0 Å². The van der Waals surface area contributed by atoms with Crippen LogP contribution >= 0.6 is 0 Å². The van der Waals surface area contributed by atoms with Gasteiger partial charge in [-0.15, -0.1) is 0 Å². The van der Waals surface area contributed by atoms with E-state index < -0.39 is 0 Å². The Kier molecular flexibility index (Phi) is 3.76. The van der Waals surface area contributed by atoms with E-state index in [4.69, 9.17) is 9.47 Å². The number of pyridine rings is 1. The van der Waals surface area contributed by atoms with E-state index in [2.05, 4.69) is 35.7 Å². The zero-order chi connectivity index (χ0) is 14.1. The fourth-order valence-electron chi connectivity index (χ4n) is 3.07. The van der Waals surface area contributed by atoms with Crippen molar-refractivity contribution in [2.75, 3.05) is 20.3 Å². The first kappa shape index (κ1) is 13.6. The Labute approximate surface area is 119 Å². The summed E-state index contributed by atoms with van der Waals surface area (Å²) in [4.78, 5) is 4.59. The molecule has 0 saturated carbocycles.